The van der Waals surface area contributed by atoms with Gasteiger partial charge in [-0.05, 0) is 46.3 Å². The Balaban J connectivity index is 1.63. The molecular weight excluding hydrogens is 380 g/mol. The van der Waals surface area contributed by atoms with Gasteiger partial charge in [-0.25, -0.2) is 0 Å². The number of aromatic nitrogens is 1. The van der Waals surface area contributed by atoms with Gasteiger partial charge in [0.1, 0.15) is 5.76 Å². The highest BCUT2D eigenvalue weighted by molar-refractivity contribution is 9.11. The summed E-state index contributed by atoms with van der Waals surface area (Å²) in [5.41, 5.74) is -0.113. The summed E-state index contributed by atoms with van der Waals surface area (Å²) in [7, 11) is 0. The minimum atomic E-state index is -0.277. The Kier molecular flexibility index (Phi) is 4.78. The Labute approximate surface area is 144 Å². The fraction of sp³-hybridized carbons (Fsp3) is 0.125. The van der Waals surface area contributed by atoms with Crippen molar-refractivity contribution >= 4 is 33.2 Å². The van der Waals surface area contributed by atoms with E-state index in [-0.39, 0.29) is 17.2 Å². The SMILES string of the molecule is O=C(NCc1ccc(Br)s1)c1ccc(Cn2ccccc2=O)o1. The van der Waals surface area contributed by atoms with Crippen molar-refractivity contribution in [2.75, 3.05) is 0 Å². The number of nitrogens with one attached hydrogen (secondary N) is 1. The number of carbonyl (C=O) groups excluding carboxylic acids is 1. The number of rotatable bonds is 5. The third-order valence-electron chi connectivity index (χ3n) is 3.16. The molecule has 118 valence electrons. The molecule has 0 fully saturated rings. The minimum Gasteiger partial charge on any atom is -0.454 e. The van der Waals surface area contributed by atoms with Crippen molar-refractivity contribution < 1.29 is 9.21 Å². The van der Waals surface area contributed by atoms with E-state index in [1.807, 2.05) is 12.1 Å². The van der Waals surface area contributed by atoms with E-state index in [9.17, 15) is 9.59 Å². The van der Waals surface area contributed by atoms with Gasteiger partial charge in [-0.3, -0.25) is 9.59 Å². The Bertz CT molecular complexity index is 881. The van der Waals surface area contributed by atoms with E-state index < -0.39 is 0 Å². The lowest BCUT2D eigenvalue weighted by Gasteiger charge is -2.02. The van der Waals surface area contributed by atoms with Gasteiger partial charge in [0.05, 0.1) is 16.9 Å². The van der Waals surface area contributed by atoms with Crippen LogP contribution in [0.1, 0.15) is 21.2 Å². The van der Waals surface area contributed by atoms with Gasteiger partial charge in [0, 0.05) is 17.1 Å². The number of thiophene rings is 1. The van der Waals surface area contributed by atoms with Gasteiger partial charge >= 0.3 is 0 Å². The monoisotopic (exact) mass is 392 g/mol. The maximum atomic E-state index is 12.1. The van der Waals surface area contributed by atoms with Crippen LogP contribution in [0, 0.1) is 0 Å². The third kappa shape index (κ3) is 4.00. The maximum absolute atomic E-state index is 12.1. The molecule has 0 aromatic carbocycles. The first-order valence-corrected chi connectivity index (χ1v) is 8.49. The number of carbonyl (C=O) groups is 1. The van der Waals surface area contributed by atoms with E-state index >= 15 is 0 Å². The molecule has 0 saturated carbocycles. The standard InChI is InChI=1S/C16H13BrN2O3S/c17-14-7-5-12(23-14)9-18-16(21)13-6-4-11(22-13)10-19-8-2-1-3-15(19)20/h1-8H,9-10H2,(H,18,21). The van der Waals surface area contributed by atoms with E-state index in [4.69, 9.17) is 4.42 Å². The van der Waals surface area contributed by atoms with E-state index in [1.165, 1.54) is 10.6 Å². The molecule has 3 aromatic rings. The average molecular weight is 393 g/mol. The van der Waals surface area contributed by atoms with E-state index in [0.29, 0.717) is 18.8 Å². The summed E-state index contributed by atoms with van der Waals surface area (Å²) in [4.78, 5) is 24.8. The molecule has 0 aliphatic carbocycles. The number of pyridine rings is 1. The second-order valence-corrected chi connectivity index (χ2v) is 7.37. The quantitative estimate of drug-likeness (QED) is 0.724. The van der Waals surface area contributed by atoms with Crippen molar-refractivity contribution in [2.24, 2.45) is 0 Å². The van der Waals surface area contributed by atoms with Crippen molar-refractivity contribution in [3.05, 3.63) is 79.2 Å². The van der Waals surface area contributed by atoms with Crippen LogP contribution >= 0.6 is 27.3 Å². The van der Waals surface area contributed by atoms with Crippen LogP contribution in [0.25, 0.3) is 0 Å². The molecule has 0 aliphatic rings. The number of hydrogen-bond acceptors (Lipinski definition) is 4. The van der Waals surface area contributed by atoms with Crippen LogP contribution in [0.2, 0.25) is 0 Å². The van der Waals surface area contributed by atoms with Crippen LogP contribution in [0.3, 0.4) is 0 Å². The Hall–Kier alpha value is -2.12. The van der Waals surface area contributed by atoms with Crippen LogP contribution in [0.15, 0.2) is 61.7 Å². The molecule has 7 heteroatoms. The lowest BCUT2D eigenvalue weighted by atomic mass is 10.4. The Morgan fingerprint density at radius 1 is 1.22 bits per heavy atom. The molecule has 3 heterocycles. The summed E-state index contributed by atoms with van der Waals surface area (Å²) in [5, 5.41) is 2.81. The molecule has 0 bridgehead atoms. The minimum absolute atomic E-state index is 0.113. The number of halogens is 1. The van der Waals surface area contributed by atoms with Gasteiger partial charge in [-0.1, -0.05) is 6.07 Å². The molecule has 3 rings (SSSR count). The molecular formula is C16H13BrN2O3S. The number of amides is 1. The van der Waals surface area contributed by atoms with Crippen molar-refractivity contribution in [1.29, 1.82) is 0 Å². The number of furan rings is 1. The number of nitrogens with zero attached hydrogens (tertiary/aromatic N) is 1. The van der Waals surface area contributed by atoms with Crippen molar-refractivity contribution in [2.45, 2.75) is 13.1 Å². The predicted molar refractivity (Wildman–Crippen MR) is 91.7 cm³/mol. The zero-order valence-corrected chi connectivity index (χ0v) is 14.4. The molecule has 23 heavy (non-hydrogen) atoms. The van der Waals surface area contributed by atoms with Crippen LogP contribution in [0.5, 0.6) is 0 Å². The molecule has 5 nitrogen and oxygen atoms in total. The summed E-state index contributed by atoms with van der Waals surface area (Å²) in [6, 6.07) is 12.1. The van der Waals surface area contributed by atoms with Crippen molar-refractivity contribution in [1.82, 2.24) is 9.88 Å². The van der Waals surface area contributed by atoms with E-state index in [0.717, 1.165) is 8.66 Å². The summed E-state index contributed by atoms with van der Waals surface area (Å²) < 4.78 is 8.06. The second kappa shape index (κ2) is 6.97. The fourth-order valence-corrected chi connectivity index (χ4v) is 3.47. The number of hydrogen-bond donors (Lipinski definition) is 1. The van der Waals surface area contributed by atoms with Crippen molar-refractivity contribution in [3.63, 3.8) is 0 Å². The molecule has 3 aromatic heterocycles. The lowest BCUT2D eigenvalue weighted by Crippen LogP contribution is -2.21. The highest BCUT2D eigenvalue weighted by Gasteiger charge is 2.12. The predicted octanol–water partition coefficient (Wildman–Crippen LogP) is 3.24. The lowest BCUT2D eigenvalue weighted by molar-refractivity contribution is 0.0921. The molecule has 1 amide bonds. The highest BCUT2D eigenvalue weighted by Crippen LogP contribution is 2.21. The van der Waals surface area contributed by atoms with Gasteiger partial charge in [-0.15, -0.1) is 11.3 Å². The largest absolute Gasteiger partial charge is 0.454 e. The topological polar surface area (TPSA) is 64.2 Å². The third-order valence-corrected chi connectivity index (χ3v) is 4.79. The Morgan fingerprint density at radius 2 is 2.09 bits per heavy atom. The normalized spacial score (nSPS) is 10.7. The van der Waals surface area contributed by atoms with Crippen LogP contribution < -0.4 is 10.9 Å². The zero-order chi connectivity index (χ0) is 16.2. The zero-order valence-electron chi connectivity index (χ0n) is 12.0. The van der Waals surface area contributed by atoms with Gasteiger partial charge in [0.2, 0.25) is 0 Å². The molecule has 0 aliphatic heterocycles. The fourth-order valence-electron chi connectivity index (χ4n) is 2.05. The molecule has 0 unspecified atom stereocenters. The van der Waals surface area contributed by atoms with Gasteiger partial charge in [-0.2, -0.15) is 0 Å². The van der Waals surface area contributed by atoms with Gasteiger partial charge < -0.3 is 14.3 Å². The van der Waals surface area contributed by atoms with Crippen LogP contribution in [-0.4, -0.2) is 10.5 Å². The summed E-state index contributed by atoms with van der Waals surface area (Å²) in [6.45, 7) is 0.744. The van der Waals surface area contributed by atoms with Crippen LogP contribution in [0.4, 0.5) is 0 Å². The molecule has 0 spiro atoms. The molecule has 0 radical (unpaired) electrons. The Morgan fingerprint density at radius 3 is 2.83 bits per heavy atom. The summed E-state index contributed by atoms with van der Waals surface area (Å²) in [6.07, 6.45) is 1.68. The molecule has 1 N–H and O–H groups in total. The second-order valence-electron chi connectivity index (χ2n) is 4.82. The smallest absolute Gasteiger partial charge is 0.287 e. The first-order chi connectivity index (χ1) is 11.1. The summed E-state index contributed by atoms with van der Waals surface area (Å²) >= 11 is 4.95. The van der Waals surface area contributed by atoms with Gasteiger partial charge in [0.25, 0.3) is 11.5 Å². The highest BCUT2D eigenvalue weighted by atomic mass is 79.9. The first-order valence-electron chi connectivity index (χ1n) is 6.88. The average Bonchev–Trinajstić information content (AvgIpc) is 3.16. The van der Waals surface area contributed by atoms with E-state index in [2.05, 4.69) is 21.2 Å². The molecule has 0 saturated heterocycles. The van der Waals surface area contributed by atoms with Crippen LogP contribution in [-0.2, 0) is 13.1 Å². The maximum Gasteiger partial charge on any atom is 0.287 e. The molecule has 0 atom stereocenters. The van der Waals surface area contributed by atoms with Crippen molar-refractivity contribution in [3.8, 4) is 0 Å². The first kappa shape index (κ1) is 15.8. The summed E-state index contributed by atoms with van der Waals surface area (Å²) in [5.74, 6) is 0.517. The van der Waals surface area contributed by atoms with Gasteiger partial charge in [0.15, 0.2) is 5.76 Å². The van der Waals surface area contributed by atoms with E-state index in [1.54, 1.807) is 41.8 Å².